The normalized spacial score (nSPS) is 30.0. The molecule has 0 aromatic carbocycles. The van der Waals surface area contributed by atoms with Crippen molar-refractivity contribution in [3.05, 3.63) is 0 Å². The van der Waals surface area contributed by atoms with Crippen LogP contribution in [0.1, 0.15) is 6.42 Å². The summed E-state index contributed by atoms with van der Waals surface area (Å²) in [5, 5.41) is 11.1. The highest BCUT2D eigenvalue weighted by atomic mass is 32.2. The fourth-order valence-corrected chi connectivity index (χ4v) is 1.41. The maximum Gasteiger partial charge on any atom is 0.121 e. The van der Waals surface area contributed by atoms with Crippen molar-refractivity contribution in [2.75, 3.05) is 12.9 Å². The molecule has 11 heavy (non-hydrogen) atoms. The van der Waals surface area contributed by atoms with Gasteiger partial charge in [0.05, 0.1) is 6.17 Å². The van der Waals surface area contributed by atoms with Crippen molar-refractivity contribution in [2.24, 2.45) is 16.1 Å². The number of nitrogens with two attached hydrogens (primary N) is 1. The van der Waals surface area contributed by atoms with Crippen molar-refractivity contribution in [2.45, 2.75) is 18.0 Å². The zero-order valence-corrected chi connectivity index (χ0v) is 7.27. The fraction of sp³-hybridized carbons (Fsp3) is 1.00. The Hall–Kier alpha value is -0.330. The van der Waals surface area contributed by atoms with Gasteiger partial charge in [0.1, 0.15) is 5.37 Å². The van der Waals surface area contributed by atoms with Gasteiger partial charge in [-0.3, -0.25) is 10.7 Å². The minimum absolute atomic E-state index is 0.176. The van der Waals surface area contributed by atoms with E-state index in [-0.39, 0.29) is 11.5 Å². The van der Waals surface area contributed by atoms with Gasteiger partial charge in [0.25, 0.3) is 0 Å². The Morgan fingerprint density at radius 1 is 1.82 bits per heavy atom. The Labute approximate surface area is 70.2 Å². The molecule has 0 aromatic rings. The Morgan fingerprint density at radius 3 is 3.27 bits per heavy atom. The Kier molecular flexibility index (Phi) is 3.61. The van der Waals surface area contributed by atoms with E-state index in [2.05, 4.69) is 21.1 Å². The summed E-state index contributed by atoms with van der Waals surface area (Å²) in [4.78, 5) is 0. The second-order valence-electron chi connectivity index (χ2n) is 2.23. The summed E-state index contributed by atoms with van der Waals surface area (Å²) in [5.41, 5.74) is 8.15. The highest BCUT2D eigenvalue weighted by molar-refractivity contribution is 7.99. The largest absolute Gasteiger partial charge is 0.318 e. The first-order valence-corrected chi connectivity index (χ1v) is 4.77. The number of rotatable bonds is 3. The lowest BCUT2D eigenvalue weighted by Crippen LogP contribution is -2.45. The maximum atomic E-state index is 5.32. The van der Waals surface area contributed by atoms with Gasteiger partial charge < -0.3 is 5.73 Å². The van der Waals surface area contributed by atoms with E-state index in [1.54, 1.807) is 11.8 Å². The number of nitrogens with one attached hydrogen (secondary N) is 2. The van der Waals surface area contributed by atoms with Crippen LogP contribution >= 0.6 is 11.8 Å². The van der Waals surface area contributed by atoms with Crippen LogP contribution in [0.15, 0.2) is 10.3 Å². The van der Waals surface area contributed by atoms with Crippen LogP contribution in [-0.4, -0.2) is 24.5 Å². The zero-order valence-electron chi connectivity index (χ0n) is 6.45. The van der Waals surface area contributed by atoms with Crippen LogP contribution in [0.2, 0.25) is 0 Å². The van der Waals surface area contributed by atoms with Crippen LogP contribution in [0.4, 0.5) is 0 Å². The van der Waals surface area contributed by atoms with Gasteiger partial charge in [-0.1, -0.05) is 5.22 Å². The summed E-state index contributed by atoms with van der Waals surface area (Å²) in [7, 11) is 0. The van der Waals surface area contributed by atoms with E-state index in [4.69, 9.17) is 5.73 Å². The van der Waals surface area contributed by atoms with Crippen molar-refractivity contribution in [3.63, 3.8) is 0 Å². The molecule has 1 rings (SSSR count). The molecule has 0 saturated carbocycles. The molecule has 0 saturated heterocycles. The third-order valence-electron chi connectivity index (χ3n) is 1.47. The average molecular weight is 175 g/mol. The third kappa shape index (κ3) is 2.64. The first-order valence-electron chi connectivity index (χ1n) is 3.48. The Morgan fingerprint density at radius 2 is 2.64 bits per heavy atom. The second-order valence-corrected chi connectivity index (χ2v) is 3.25. The quantitative estimate of drug-likeness (QED) is 0.522. The molecule has 2 unspecified atom stereocenters. The van der Waals surface area contributed by atoms with Gasteiger partial charge in [0.15, 0.2) is 0 Å². The van der Waals surface area contributed by atoms with Crippen molar-refractivity contribution in [1.29, 1.82) is 0 Å². The Bertz CT molecular complexity index is 139. The van der Waals surface area contributed by atoms with E-state index in [1.807, 2.05) is 6.26 Å². The summed E-state index contributed by atoms with van der Waals surface area (Å²) < 4.78 is 0. The van der Waals surface area contributed by atoms with Crippen LogP contribution in [0.3, 0.4) is 0 Å². The van der Waals surface area contributed by atoms with Crippen molar-refractivity contribution in [1.82, 2.24) is 10.7 Å². The lowest BCUT2D eigenvalue weighted by atomic mass is 10.3. The number of hydrogen-bond acceptors (Lipinski definition) is 6. The van der Waals surface area contributed by atoms with Crippen molar-refractivity contribution >= 4 is 11.8 Å². The van der Waals surface area contributed by atoms with Gasteiger partial charge in [-0.05, 0) is 6.26 Å². The van der Waals surface area contributed by atoms with Gasteiger partial charge in [0.2, 0.25) is 0 Å². The molecule has 1 aliphatic rings. The van der Waals surface area contributed by atoms with E-state index in [1.165, 1.54) is 0 Å². The molecule has 0 bridgehead atoms. The van der Waals surface area contributed by atoms with E-state index in [0.29, 0.717) is 6.67 Å². The molecule has 5 nitrogen and oxygen atoms in total. The number of thioether (sulfide) groups is 1. The van der Waals surface area contributed by atoms with Crippen LogP contribution in [-0.2, 0) is 0 Å². The molecule has 0 amide bonds. The highest BCUT2D eigenvalue weighted by Crippen LogP contribution is 2.16. The molecule has 0 spiro atoms. The van der Waals surface area contributed by atoms with Crippen molar-refractivity contribution < 1.29 is 0 Å². The van der Waals surface area contributed by atoms with E-state index in [0.717, 1.165) is 6.42 Å². The SMILES string of the molecule is CSC1CC(NCN)NN=N1. The summed E-state index contributed by atoms with van der Waals surface area (Å²) >= 11 is 1.69. The van der Waals surface area contributed by atoms with Gasteiger partial charge in [-0.2, -0.15) is 5.11 Å². The fourth-order valence-electron chi connectivity index (χ4n) is 0.884. The molecule has 2 atom stereocenters. The molecule has 64 valence electrons. The summed E-state index contributed by atoms with van der Waals surface area (Å²) in [6, 6.07) is 0. The monoisotopic (exact) mass is 175 g/mol. The summed E-state index contributed by atoms with van der Waals surface area (Å²) in [6.07, 6.45) is 3.13. The lowest BCUT2D eigenvalue weighted by Gasteiger charge is -2.23. The Balaban J connectivity index is 2.32. The smallest absolute Gasteiger partial charge is 0.121 e. The molecule has 0 radical (unpaired) electrons. The van der Waals surface area contributed by atoms with E-state index in [9.17, 15) is 0 Å². The summed E-state index contributed by atoms with van der Waals surface area (Å²) in [5.74, 6) is 0. The highest BCUT2D eigenvalue weighted by Gasteiger charge is 2.17. The molecule has 6 heteroatoms. The lowest BCUT2D eigenvalue weighted by molar-refractivity contribution is 0.364. The first-order chi connectivity index (χ1) is 5.36. The minimum Gasteiger partial charge on any atom is -0.318 e. The van der Waals surface area contributed by atoms with Gasteiger partial charge in [0, 0.05) is 13.1 Å². The molecule has 1 heterocycles. The van der Waals surface area contributed by atoms with Gasteiger partial charge in [-0.15, -0.1) is 11.8 Å². The van der Waals surface area contributed by atoms with Crippen LogP contribution in [0, 0.1) is 0 Å². The third-order valence-corrected chi connectivity index (χ3v) is 2.30. The zero-order chi connectivity index (χ0) is 8.10. The molecule has 0 aliphatic carbocycles. The number of nitrogens with zero attached hydrogens (tertiary/aromatic N) is 2. The standard InChI is InChI=1S/C5H13N5S/c1-11-5-2-4(7-3-6)8-10-9-5/h4-5,7H,2-3,6H2,1H3,(H,8,9). The second kappa shape index (κ2) is 4.53. The van der Waals surface area contributed by atoms with Crippen LogP contribution in [0.5, 0.6) is 0 Å². The van der Waals surface area contributed by atoms with Gasteiger partial charge >= 0.3 is 0 Å². The van der Waals surface area contributed by atoms with Crippen LogP contribution < -0.4 is 16.5 Å². The number of hydrogen-bond donors (Lipinski definition) is 3. The average Bonchev–Trinajstić information content (AvgIpc) is 2.06. The molecular formula is C5H13N5S. The predicted molar refractivity (Wildman–Crippen MR) is 45.9 cm³/mol. The molecule has 4 N–H and O–H groups in total. The molecular weight excluding hydrogens is 162 g/mol. The molecule has 1 aliphatic heterocycles. The predicted octanol–water partition coefficient (Wildman–Crippen LogP) is -0.132. The van der Waals surface area contributed by atoms with E-state index >= 15 is 0 Å². The molecule has 0 fully saturated rings. The minimum atomic E-state index is 0.176. The van der Waals surface area contributed by atoms with Gasteiger partial charge in [-0.25, -0.2) is 0 Å². The topological polar surface area (TPSA) is 74.8 Å². The van der Waals surface area contributed by atoms with E-state index < -0.39 is 0 Å². The molecule has 0 aromatic heterocycles. The van der Waals surface area contributed by atoms with Crippen LogP contribution in [0.25, 0.3) is 0 Å². The maximum absolute atomic E-state index is 5.32. The first kappa shape index (κ1) is 8.76. The summed E-state index contributed by atoms with van der Waals surface area (Å²) in [6.45, 7) is 0.467. The van der Waals surface area contributed by atoms with Crippen molar-refractivity contribution in [3.8, 4) is 0 Å².